The van der Waals surface area contributed by atoms with Crippen LogP contribution in [0.15, 0.2) is 42.6 Å². The summed E-state index contributed by atoms with van der Waals surface area (Å²) in [6, 6.07) is 9.32. The summed E-state index contributed by atoms with van der Waals surface area (Å²) in [7, 11) is 0. The van der Waals surface area contributed by atoms with Gasteiger partial charge in [0.05, 0.1) is 12.1 Å². The molecule has 1 fully saturated rings. The lowest BCUT2D eigenvalue weighted by Crippen LogP contribution is -2.43. The summed E-state index contributed by atoms with van der Waals surface area (Å²) in [5.41, 5.74) is 0.406. The third-order valence-corrected chi connectivity index (χ3v) is 4.26. The number of hydrogen-bond acceptors (Lipinski definition) is 4. The molecule has 1 saturated heterocycles. The van der Waals surface area contributed by atoms with Gasteiger partial charge in [-0.25, -0.2) is 9.59 Å². The zero-order valence-electron chi connectivity index (χ0n) is 14.8. The van der Waals surface area contributed by atoms with Crippen molar-refractivity contribution in [3.63, 3.8) is 0 Å². The maximum atomic E-state index is 12.4. The van der Waals surface area contributed by atoms with E-state index in [-0.39, 0.29) is 24.8 Å². The summed E-state index contributed by atoms with van der Waals surface area (Å²) in [5.74, 6) is 0. The number of fused-ring (bicyclic) bond motifs is 1. The molecule has 2 atom stereocenters. The van der Waals surface area contributed by atoms with E-state index in [0.29, 0.717) is 13.0 Å². The van der Waals surface area contributed by atoms with Gasteiger partial charge in [-0.15, -0.1) is 0 Å². The van der Waals surface area contributed by atoms with E-state index in [0.717, 1.165) is 5.56 Å². The second-order valence-electron chi connectivity index (χ2n) is 7.31. The first-order valence-electron chi connectivity index (χ1n) is 8.52. The lowest BCUT2D eigenvalue weighted by molar-refractivity contribution is 0.0241. The Morgan fingerprint density at radius 2 is 1.88 bits per heavy atom. The van der Waals surface area contributed by atoms with Crippen LogP contribution in [0.3, 0.4) is 0 Å². The molecule has 2 amide bonds. The van der Waals surface area contributed by atoms with Gasteiger partial charge in [0.2, 0.25) is 0 Å². The molecule has 2 heterocycles. The smallest absolute Gasteiger partial charge is 0.414 e. The van der Waals surface area contributed by atoms with Crippen molar-refractivity contribution in [1.82, 2.24) is 9.80 Å². The molecule has 2 aliphatic heterocycles. The molecule has 0 aromatic heterocycles. The van der Waals surface area contributed by atoms with Crippen molar-refractivity contribution in [3.05, 3.63) is 48.2 Å². The first kappa shape index (κ1) is 17.3. The molecule has 0 bridgehead atoms. The van der Waals surface area contributed by atoms with E-state index in [1.807, 2.05) is 57.2 Å². The minimum atomic E-state index is -0.536. The average Bonchev–Trinajstić information content (AvgIpc) is 3.13. The number of benzene rings is 1. The summed E-state index contributed by atoms with van der Waals surface area (Å²) < 4.78 is 10.8. The summed E-state index contributed by atoms with van der Waals surface area (Å²) in [4.78, 5) is 28.0. The Morgan fingerprint density at radius 1 is 1.16 bits per heavy atom. The van der Waals surface area contributed by atoms with Gasteiger partial charge in [-0.1, -0.05) is 30.3 Å². The van der Waals surface area contributed by atoms with Crippen LogP contribution in [0.5, 0.6) is 0 Å². The summed E-state index contributed by atoms with van der Waals surface area (Å²) >= 11 is 0. The second kappa shape index (κ2) is 6.78. The molecule has 134 valence electrons. The van der Waals surface area contributed by atoms with E-state index in [2.05, 4.69) is 0 Å². The zero-order valence-corrected chi connectivity index (χ0v) is 14.8. The fourth-order valence-corrected chi connectivity index (χ4v) is 3.15. The molecular weight excluding hydrogens is 320 g/mol. The average molecular weight is 344 g/mol. The Balaban J connectivity index is 1.57. The highest BCUT2D eigenvalue weighted by atomic mass is 16.6. The number of hydrogen-bond donors (Lipinski definition) is 0. The van der Waals surface area contributed by atoms with E-state index in [4.69, 9.17) is 9.47 Å². The van der Waals surface area contributed by atoms with Crippen molar-refractivity contribution in [3.8, 4) is 0 Å². The van der Waals surface area contributed by atoms with Gasteiger partial charge in [0.25, 0.3) is 0 Å². The molecule has 0 saturated carbocycles. The molecule has 0 N–H and O–H groups in total. The predicted molar refractivity (Wildman–Crippen MR) is 92.7 cm³/mol. The number of rotatable bonds is 2. The SMILES string of the molecule is CC(C)(C)OC(=O)N1CCC2C1C=CN2C(=O)OCc1ccccc1. The van der Waals surface area contributed by atoms with Crippen molar-refractivity contribution >= 4 is 12.2 Å². The fraction of sp³-hybridized carbons (Fsp3) is 0.474. The van der Waals surface area contributed by atoms with Crippen LogP contribution < -0.4 is 0 Å². The highest BCUT2D eigenvalue weighted by Gasteiger charge is 2.45. The first-order chi connectivity index (χ1) is 11.8. The van der Waals surface area contributed by atoms with Gasteiger partial charge in [-0.2, -0.15) is 0 Å². The standard InChI is InChI=1S/C19H24N2O4/c1-19(2,3)25-18(23)21-12-10-15-16(21)9-11-20(15)17(22)24-13-14-7-5-4-6-8-14/h4-9,11,15-16H,10,12-13H2,1-3H3. The lowest BCUT2D eigenvalue weighted by Gasteiger charge is -2.28. The second-order valence-corrected chi connectivity index (χ2v) is 7.31. The van der Waals surface area contributed by atoms with Crippen molar-refractivity contribution in [2.24, 2.45) is 0 Å². The third kappa shape index (κ3) is 3.95. The molecule has 25 heavy (non-hydrogen) atoms. The van der Waals surface area contributed by atoms with Gasteiger partial charge in [-0.3, -0.25) is 9.80 Å². The van der Waals surface area contributed by atoms with Crippen LogP contribution >= 0.6 is 0 Å². The van der Waals surface area contributed by atoms with Gasteiger partial charge < -0.3 is 9.47 Å². The normalized spacial score (nSPS) is 22.0. The predicted octanol–water partition coefficient (Wildman–Crippen LogP) is 3.53. The maximum absolute atomic E-state index is 12.4. The third-order valence-electron chi connectivity index (χ3n) is 4.26. The Kier molecular flexibility index (Phi) is 4.70. The topological polar surface area (TPSA) is 59.1 Å². The summed E-state index contributed by atoms with van der Waals surface area (Å²) in [6.07, 6.45) is 3.55. The Bertz CT molecular complexity index is 666. The molecule has 2 aliphatic rings. The van der Waals surface area contributed by atoms with Gasteiger partial charge in [0.1, 0.15) is 12.2 Å². The van der Waals surface area contributed by atoms with Crippen molar-refractivity contribution in [1.29, 1.82) is 0 Å². The molecule has 6 heteroatoms. The molecule has 1 aromatic carbocycles. The molecule has 2 unspecified atom stereocenters. The van der Waals surface area contributed by atoms with E-state index in [9.17, 15) is 9.59 Å². The number of amides is 2. The van der Waals surface area contributed by atoms with Crippen molar-refractivity contribution in [2.45, 2.75) is 51.5 Å². The van der Waals surface area contributed by atoms with Gasteiger partial charge in [0, 0.05) is 12.7 Å². The molecule has 0 aliphatic carbocycles. The lowest BCUT2D eigenvalue weighted by atomic mass is 10.1. The Hall–Kier alpha value is -2.50. The zero-order chi connectivity index (χ0) is 18.0. The van der Waals surface area contributed by atoms with Crippen LogP contribution in [-0.2, 0) is 16.1 Å². The highest BCUT2D eigenvalue weighted by Crippen LogP contribution is 2.31. The summed E-state index contributed by atoms with van der Waals surface area (Å²) in [5, 5.41) is 0. The molecule has 0 radical (unpaired) electrons. The molecular formula is C19H24N2O4. The minimum absolute atomic E-state index is 0.0872. The van der Waals surface area contributed by atoms with E-state index < -0.39 is 11.7 Å². The van der Waals surface area contributed by atoms with Gasteiger partial charge >= 0.3 is 12.2 Å². The van der Waals surface area contributed by atoms with Crippen molar-refractivity contribution < 1.29 is 19.1 Å². The molecule has 6 nitrogen and oxygen atoms in total. The van der Waals surface area contributed by atoms with Crippen molar-refractivity contribution in [2.75, 3.05) is 6.54 Å². The Morgan fingerprint density at radius 3 is 2.56 bits per heavy atom. The van der Waals surface area contributed by atoms with E-state index >= 15 is 0 Å². The molecule has 0 spiro atoms. The number of carbonyl (C=O) groups is 2. The quantitative estimate of drug-likeness (QED) is 0.823. The van der Waals surface area contributed by atoms with Gasteiger partial charge in [-0.05, 0) is 38.8 Å². The summed E-state index contributed by atoms with van der Waals surface area (Å²) in [6.45, 7) is 6.33. The largest absolute Gasteiger partial charge is 0.444 e. The number of nitrogens with zero attached hydrogens (tertiary/aromatic N) is 2. The highest BCUT2D eigenvalue weighted by molar-refractivity contribution is 5.73. The molecule has 1 aromatic rings. The fourth-order valence-electron chi connectivity index (χ4n) is 3.15. The maximum Gasteiger partial charge on any atom is 0.414 e. The van der Waals surface area contributed by atoms with E-state index in [1.165, 1.54) is 0 Å². The van der Waals surface area contributed by atoms with Crippen LogP contribution in [0, 0.1) is 0 Å². The number of likely N-dealkylation sites (tertiary alicyclic amines) is 1. The van der Waals surface area contributed by atoms with Gasteiger partial charge in [0.15, 0.2) is 0 Å². The minimum Gasteiger partial charge on any atom is -0.444 e. The first-order valence-corrected chi connectivity index (χ1v) is 8.52. The van der Waals surface area contributed by atoms with E-state index in [1.54, 1.807) is 16.0 Å². The van der Waals surface area contributed by atoms with Crippen LogP contribution in [0.1, 0.15) is 32.8 Å². The Labute approximate surface area is 148 Å². The van der Waals surface area contributed by atoms with Crippen LogP contribution in [0.25, 0.3) is 0 Å². The number of ether oxygens (including phenoxy) is 2. The van der Waals surface area contributed by atoms with Crippen LogP contribution in [-0.4, -0.2) is 46.2 Å². The number of carbonyl (C=O) groups excluding carboxylic acids is 2. The van der Waals surface area contributed by atoms with Crippen LogP contribution in [0.4, 0.5) is 9.59 Å². The monoisotopic (exact) mass is 344 g/mol. The molecule has 3 rings (SSSR count). The van der Waals surface area contributed by atoms with Crippen LogP contribution in [0.2, 0.25) is 0 Å².